The second-order valence-corrected chi connectivity index (χ2v) is 3.56. The molecule has 2 N–H and O–H groups in total. The van der Waals surface area contributed by atoms with E-state index in [1.54, 1.807) is 0 Å². The summed E-state index contributed by atoms with van der Waals surface area (Å²) in [7, 11) is 0. The molecular weight excluding hydrogens is 220 g/mol. The van der Waals surface area contributed by atoms with Gasteiger partial charge < -0.3 is 9.97 Å². The van der Waals surface area contributed by atoms with Gasteiger partial charge in [-0.1, -0.05) is 12.2 Å². The van der Waals surface area contributed by atoms with Gasteiger partial charge in [0.1, 0.15) is 10.3 Å². The van der Waals surface area contributed by atoms with Crippen LogP contribution in [0.1, 0.15) is 11.7 Å². The Hall–Kier alpha value is -1.34. The van der Waals surface area contributed by atoms with E-state index in [0.717, 1.165) is 0 Å². The van der Waals surface area contributed by atoms with Gasteiger partial charge in [0, 0.05) is 6.92 Å². The van der Waals surface area contributed by atoms with Gasteiger partial charge in [0.15, 0.2) is 4.77 Å². The van der Waals surface area contributed by atoms with Gasteiger partial charge in [-0.3, -0.25) is 4.79 Å². The summed E-state index contributed by atoms with van der Waals surface area (Å²) in [4.78, 5) is 16.8. The van der Waals surface area contributed by atoms with Crippen molar-refractivity contribution in [2.75, 3.05) is 0 Å². The normalized spacial score (nSPS) is 10.6. The van der Waals surface area contributed by atoms with Crippen LogP contribution in [0.3, 0.4) is 0 Å². The molecule has 2 aromatic rings. The standard InChI is InChI=1S/C7H6N4OS2/c1-3(12)11-5-4(2-8-11)6(13)10-7(14)9-5/h2H,1H3,(H2,9,10,13,14). The molecular formula is C7H6N4OS2. The zero-order valence-electron chi connectivity index (χ0n) is 7.20. The molecule has 0 radical (unpaired) electrons. The second-order valence-electron chi connectivity index (χ2n) is 2.75. The number of hydrogen-bond acceptors (Lipinski definition) is 4. The van der Waals surface area contributed by atoms with E-state index in [9.17, 15) is 4.79 Å². The van der Waals surface area contributed by atoms with Gasteiger partial charge in [0.2, 0.25) is 5.91 Å². The number of aromatic nitrogens is 4. The van der Waals surface area contributed by atoms with Crippen molar-refractivity contribution < 1.29 is 4.79 Å². The third-order valence-electron chi connectivity index (χ3n) is 1.77. The molecule has 7 heteroatoms. The average molecular weight is 226 g/mol. The number of nitrogens with one attached hydrogen (secondary N) is 2. The van der Waals surface area contributed by atoms with Crippen molar-refractivity contribution in [3.63, 3.8) is 0 Å². The molecule has 14 heavy (non-hydrogen) atoms. The zero-order valence-corrected chi connectivity index (χ0v) is 8.83. The van der Waals surface area contributed by atoms with Gasteiger partial charge in [-0.25, -0.2) is 0 Å². The molecule has 0 bridgehead atoms. The first-order valence-electron chi connectivity index (χ1n) is 3.81. The zero-order chi connectivity index (χ0) is 10.3. The molecule has 5 nitrogen and oxygen atoms in total. The molecule has 0 atom stereocenters. The van der Waals surface area contributed by atoms with Crippen molar-refractivity contribution in [3.05, 3.63) is 15.6 Å². The first-order valence-corrected chi connectivity index (χ1v) is 4.62. The Morgan fingerprint density at radius 2 is 2.21 bits per heavy atom. The molecule has 0 unspecified atom stereocenters. The maximum atomic E-state index is 11.1. The molecule has 0 saturated carbocycles. The third-order valence-corrected chi connectivity index (χ3v) is 2.30. The van der Waals surface area contributed by atoms with Gasteiger partial charge in [-0.2, -0.15) is 9.78 Å². The molecule has 2 heterocycles. The van der Waals surface area contributed by atoms with Crippen molar-refractivity contribution in [1.82, 2.24) is 19.7 Å². The lowest BCUT2D eigenvalue weighted by Crippen LogP contribution is -2.08. The van der Waals surface area contributed by atoms with Crippen LogP contribution >= 0.6 is 24.4 Å². The Balaban J connectivity index is 3.00. The Morgan fingerprint density at radius 3 is 2.86 bits per heavy atom. The predicted molar refractivity (Wildman–Crippen MR) is 56.4 cm³/mol. The number of aromatic amines is 2. The van der Waals surface area contributed by atoms with Crippen LogP contribution in [0.25, 0.3) is 11.0 Å². The van der Waals surface area contributed by atoms with Crippen LogP contribution in [-0.4, -0.2) is 25.7 Å². The molecule has 72 valence electrons. The number of fused-ring (bicyclic) bond motifs is 1. The van der Waals surface area contributed by atoms with E-state index < -0.39 is 0 Å². The maximum Gasteiger partial charge on any atom is 0.245 e. The molecule has 0 aliphatic heterocycles. The van der Waals surface area contributed by atoms with E-state index in [0.29, 0.717) is 20.4 Å². The minimum absolute atomic E-state index is 0.189. The van der Waals surface area contributed by atoms with Crippen LogP contribution in [0.5, 0.6) is 0 Å². The van der Waals surface area contributed by atoms with Crippen LogP contribution in [0.2, 0.25) is 0 Å². The number of hydrogen-bond donors (Lipinski definition) is 2. The Kier molecular flexibility index (Phi) is 2.05. The quantitative estimate of drug-likeness (QED) is 0.672. The molecule has 0 aliphatic rings. The summed E-state index contributed by atoms with van der Waals surface area (Å²) < 4.78 is 2.09. The maximum absolute atomic E-state index is 11.1. The topological polar surface area (TPSA) is 66.5 Å². The smallest absolute Gasteiger partial charge is 0.245 e. The van der Waals surface area contributed by atoms with E-state index in [1.807, 2.05) is 0 Å². The van der Waals surface area contributed by atoms with E-state index in [1.165, 1.54) is 17.8 Å². The van der Waals surface area contributed by atoms with Crippen molar-refractivity contribution in [1.29, 1.82) is 0 Å². The van der Waals surface area contributed by atoms with Crippen molar-refractivity contribution in [3.8, 4) is 0 Å². The highest BCUT2D eigenvalue weighted by Gasteiger charge is 2.07. The molecule has 2 aromatic heterocycles. The van der Waals surface area contributed by atoms with Crippen LogP contribution in [0, 0.1) is 9.41 Å². The number of H-pyrrole nitrogens is 2. The molecule has 0 spiro atoms. The van der Waals surface area contributed by atoms with Gasteiger partial charge in [-0.05, 0) is 12.2 Å². The minimum atomic E-state index is -0.189. The SMILES string of the molecule is CC(=O)n1ncc2c(=S)[nH]c(=S)[nH]c21. The first-order chi connectivity index (χ1) is 6.59. The number of carbonyl (C=O) groups is 1. The highest BCUT2D eigenvalue weighted by Crippen LogP contribution is 2.10. The summed E-state index contributed by atoms with van der Waals surface area (Å²) in [5.74, 6) is -0.189. The predicted octanol–water partition coefficient (Wildman–Crippen LogP) is 1.81. The lowest BCUT2D eigenvalue weighted by Gasteiger charge is -1.96. The molecule has 0 amide bonds. The fourth-order valence-corrected chi connectivity index (χ4v) is 1.70. The van der Waals surface area contributed by atoms with E-state index in [-0.39, 0.29) is 5.91 Å². The van der Waals surface area contributed by atoms with Gasteiger partial charge >= 0.3 is 0 Å². The summed E-state index contributed by atoms with van der Waals surface area (Å²) in [6.45, 7) is 1.42. The largest absolute Gasteiger partial charge is 0.323 e. The van der Waals surface area contributed by atoms with Gasteiger partial charge in [0.05, 0.1) is 11.6 Å². The lowest BCUT2D eigenvalue weighted by atomic mass is 10.4. The van der Waals surface area contributed by atoms with Gasteiger partial charge in [0.25, 0.3) is 0 Å². The summed E-state index contributed by atoms with van der Waals surface area (Å²) in [5.41, 5.74) is 0.534. The van der Waals surface area contributed by atoms with Crippen LogP contribution < -0.4 is 0 Å². The Labute approximate surface area is 88.8 Å². The van der Waals surface area contributed by atoms with Crippen LogP contribution in [-0.2, 0) is 0 Å². The monoisotopic (exact) mass is 226 g/mol. The van der Waals surface area contributed by atoms with Crippen molar-refractivity contribution in [2.24, 2.45) is 0 Å². The Morgan fingerprint density at radius 1 is 1.50 bits per heavy atom. The summed E-state index contributed by atoms with van der Waals surface area (Å²) in [6, 6.07) is 0. The van der Waals surface area contributed by atoms with E-state index in [2.05, 4.69) is 15.1 Å². The van der Waals surface area contributed by atoms with Crippen molar-refractivity contribution >= 4 is 41.4 Å². The van der Waals surface area contributed by atoms with Crippen LogP contribution in [0.15, 0.2) is 6.20 Å². The molecule has 0 aromatic carbocycles. The Bertz CT molecular complexity index is 620. The fraction of sp³-hybridized carbons (Fsp3) is 0.143. The van der Waals surface area contributed by atoms with Gasteiger partial charge in [-0.15, -0.1) is 0 Å². The highest BCUT2D eigenvalue weighted by atomic mass is 32.1. The number of carbonyl (C=O) groups excluding carboxylic acids is 1. The average Bonchev–Trinajstić information content (AvgIpc) is 2.47. The number of nitrogens with zero attached hydrogens (tertiary/aromatic N) is 2. The summed E-state index contributed by atoms with van der Waals surface area (Å²) >= 11 is 9.94. The van der Waals surface area contributed by atoms with E-state index in [4.69, 9.17) is 24.4 Å². The van der Waals surface area contributed by atoms with Crippen LogP contribution in [0.4, 0.5) is 0 Å². The summed E-state index contributed by atoms with van der Waals surface area (Å²) in [5, 5.41) is 4.58. The minimum Gasteiger partial charge on any atom is -0.323 e. The molecule has 0 saturated heterocycles. The lowest BCUT2D eigenvalue weighted by molar-refractivity contribution is 0.0926. The fourth-order valence-electron chi connectivity index (χ4n) is 1.18. The molecule has 0 fully saturated rings. The third kappa shape index (κ3) is 1.30. The molecule has 0 aliphatic carbocycles. The van der Waals surface area contributed by atoms with E-state index >= 15 is 0 Å². The number of rotatable bonds is 0. The highest BCUT2D eigenvalue weighted by molar-refractivity contribution is 7.72. The molecule has 2 rings (SSSR count). The summed E-state index contributed by atoms with van der Waals surface area (Å²) in [6.07, 6.45) is 1.53. The first kappa shape index (κ1) is 9.22. The van der Waals surface area contributed by atoms with Crippen molar-refractivity contribution in [2.45, 2.75) is 6.92 Å². The second kappa shape index (κ2) is 3.10.